The molecule has 2 aliphatic rings. The van der Waals surface area contributed by atoms with Crippen molar-refractivity contribution in [2.24, 2.45) is 5.92 Å². The number of rotatable bonds is 7. The van der Waals surface area contributed by atoms with Gasteiger partial charge < -0.3 is 10.1 Å². The van der Waals surface area contributed by atoms with Crippen molar-refractivity contribution in [1.29, 1.82) is 5.26 Å². The van der Waals surface area contributed by atoms with E-state index in [1.807, 2.05) is 0 Å². The van der Waals surface area contributed by atoms with E-state index < -0.39 is 44.4 Å². The minimum atomic E-state index is -3.83. The number of nitrogens with one attached hydrogen (secondary N) is 1. The first kappa shape index (κ1) is 24.0. The summed E-state index contributed by atoms with van der Waals surface area (Å²) in [5.74, 6) is -1.80. The lowest BCUT2D eigenvalue weighted by atomic mass is 10.0. The number of carbonyl (C=O) groups is 1. The zero-order valence-electron chi connectivity index (χ0n) is 17.4. The molecule has 4 rings (SSSR count). The van der Waals surface area contributed by atoms with Gasteiger partial charge in [0.2, 0.25) is 5.91 Å². The third kappa shape index (κ3) is 5.02. The Morgan fingerprint density at radius 1 is 1.18 bits per heavy atom. The number of sulfone groups is 1. The van der Waals surface area contributed by atoms with Crippen molar-refractivity contribution < 1.29 is 22.3 Å². The smallest absolute Gasteiger partial charge is 0.227 e. The number of amides is 1. The number of hydrogen-bond acceptors (Lipinski definition) is 5. The van der Waals surface area contributed by atoms with Gasteiger partial charge in [0.05, 0.1) is 44.9 Å². The van der Waals surface area contributed by atoms with Crippen LogP contribution in [-0.2, 0) is 26.0 Å². The molecule has 0 aliphatic heterocycles. The molecule has 2 fully saturated rings. The molecule has 1 unspecified atom stereocenters. The SMILES string of the molecule is N#CC1(NC(=O)[C@H]2CC(S(=O)(=O)c3ccccc3Cl)C[C@@H]2OCc2ccc(Cl)c(F)c2)CC1. The molecule has 0 bridgehead atoms. The molecular weight excluding hydrogens is 490 g/mol. The molecule has 2 aromatic rings. The third-order valence-corrected chi connectivity index (χ3v) is 9.13. The quantitative estimate of drug-likeness (QED) is 0.593. The average molecular weight is 511 g/mol. The first-order chi connectivity index (χ1) is 15.6. The summed E-state index contributed by atoms with van der Waals surface area (Å²) >= 11 is 11.9. The largest absolute Gasteiger partial charge is 0.373 e. The zero-order chi connectivity index (χ0) is 23.8. The van der Waals surface area contributed by atoms with Crippen LogP contribution in [0.2, 0.25) is 10.0 Å². The number of carbonyl (C=O) groups excluding carboxylic acids is 1. The molecule has 2 aromatic carbocycles. The summed E-state index contributed by atoms with van der Waals surface area (Å²) in [6, 6.07) is 12.5. The van der Waals surface area contributed by atoms with Crippen LogP contribution in [0.5, 0.6) is 0 Å². The highest BCUT2D eigenvalue weighted by molar-refractivity contribution is 7.92. The Bertz CT molecular complexity index is 1230. The van der Waals surface area contributed by atoms with Gasteiger partial charge in [0.15, 0.2) is 9.84 Å². The number of halogens is 3. The fourth-order valence-corrected chi connectivity index (χ4v) is 6.52. The maximum atomic E-state index is 13.8. The Hall–Kier alpha value is -2.18. The number of nitriles is 1. The Kier molecular flexibility index (Phi) is 6.70. The molecule has 6 nitrogen and oxygen atoms in total. The van der Waals surface area contributed by atoms with Gasteiger partial charge in [-0.15, -0.1) is 0 Å². The summed E-state index contributed by atoms with van der Waals surface area (Å²) in [4.78, 5) is 13.0. The standard InChI is InChI=1S/C23H21Cl2FN2O4S/c24-17-6-5-14(9-19(17)26)12-32-20-11-15(33(30,31)21-4-2-1-3-18(21)25)10-16(20)22(29)28-23(13-27)7-8-23/h1-6,9,15-16,20H,7-8,10-12H2,(H,28,29)/t15?,16-,20-/m0/s1. The highest BCUT2D eigenvalue weighted by atomic mass is 35.5. The van der Waals surface area contributed by atoms with Crippen LogP contribution in [0.15, 0.2) is 47.4 Å². The molecule has 33 heavy (non-hydrogen) atoms. The lowest BCUT2D eigenvalue weighted by Crippen LogP contribution is -2.42. The van der Waals surface area contributed by atoms with Crippen LogP contribution >= 0.6 is 23.2 Å². The second kappa shape index (κ2) is 9.22. The molecular formula is C23H21Cl2FN2O4S. The normalized spacial score (nSPS) is 23.6. The predicted molar refractivity (Wildman–Crippen MR) is 121 cm³/mol. The average Bonchev–Trinajstić information content (AvgIpc) is 3.41. The molecule has 1 amide bonds. The third-order valence-electron chi connectivity index (χ3n) is 6.15. The van der Waals surface area contributed by atoms with Gasteiger partial charge in [-0.3, -0.25) is 4.79 Å². The maximum Gasteiger partial charge on any atom is 0.227 e. The van der Waals surface area contributed by atoms with Gasteiger partial charge in [0.25, 0.3) is 0 Å². The summed E-state index contributed by atoms with van der Waals surface area (Å²) < 4.78 is 46.3. The van der Waals surface area contributed by atoms with Crippen molar-refractivity contribution in [2.45, 2.75) is 54.1 Å². The van der Waals surface area contributed by atoms with Crippen LogP contribution in [0.25, 0.3) is 0 Å². The molecule has 0 radical (unpaired) electrons. The molecule has 0 spiro atoms. The highest BCUT2D eigenvalue weighted by Crippen LogP contribution is 2.40. The number of ether oxygens (including phenoxy) is 1. The lowest BCUT2D eigenvalue weighted by molar-refractivity contribution is -0.130. The molecule has 174 valence electrons. The van der Waals surface area contributed by atoms with Gasteiger partial charge >= 0.3 is 0 Å². The molecule has 10 heteroatoms. The summed E-state index contributed by atoms with van der Waals surface area (Å²) in [5, 5.41) is 11.3. The van der Waals surface area contributed by atoms with E-state index >= 15 is 0 Å². The summed E-state index contributed by atoms with van der Waals surface area (Å²) in [6.45, 7) is -0.0230. The Morgan fingerprint density at radius 2 is 1.91 bits per heavy atom. The van der Waals surface area contributed by atoms with Gasteiger partial charge in [0, 0.05) is 0 Å². The van der Waals surface area contributed by atoms with E-state index in [1.54, 1.807) is 18.2 Å². The summed E-state index contributed by atoms with van der Waals surface area (Å²) in [7, 11) is -3.83. The van der Waals surface area contributed by atoms with Gasteiger partial charge in [-0.2, -0.15) is 5.26 Å². The fraction of sp³-hybridized carbons (Fsp3) is 0.391. The first-order valence-corrected chi connectivity index (χ1v) is 12.7. The van der Waals surface area contributed by atoms with E-state index in [0.717, 1.165) is 0 Å². The Labute approximate surface area is 201 Å². The van der Waals surface area contributed by atoms with E-state index in [2.05, 4.69) is 11.4 Å². The second-order valence-corrected chi connectivity index (χ2v) is 11.5. The lowest BCUT2D eigenvalue weighted by Gasteiger charge is -2.21. The molecule has 0 heterocycles. The van der Waals surface area contributed by atoms with Crippen LogP contribution in [-0.4, -0.2) is 31.2 Å². The minimum absolute atomic E-state index is 0.00642. The molecule has 3 atom stereocenters. The van der Waals surface area contributed by atoms with Crippen molar-refractivity contribution in [3.8, 4) is 6.07 Å². The number of nitrogens with zero attached hydrogens (tertiary/aromatic N) is 1. The van der Waals surface area contributed by atoms with Crippen molar-refractivity contribution in [2.75, 3.05) is 0 Å². The van der Waals surface area contributed by atoms with Crippen LogP contribution in [0.4, 0.5) is 4.39 Å². The number of benzene rings is 2. The number of hydrogen-bond donors (Lipinski definition) is 1. The van der Waals surface area contributed by atoms with E-state index in [0.29, 0.717) is 18.4 Å². The van der Waals surface area contributed by atoms with E-state index in [9.17, 15) is 22.9 Å². The van der Waals surface area contributed by atoms with Crippen molar-refractivity contribution >= 4 is 38.9 Å². The van der Waals surface area contributed by atoms with Crippen LogP contribution < -0.4 is 5.32 Å². The zero-order valence-corrected chi connectivity index (χ0v) is 19.8. The minimum Gasteiger partial charge on any atom is -0.373 e. The second-order valence-electron chi connectivity index (χ2n) is 8.46. The monoisotopic (exact) mass is 510 g/mol. The fourth-order valence-electron chi connectivity index (χ4n) is 4.07. The summed E-state index contributed by atoms with van der Waals surface area (Å²) in [6.07, 6.45) is 0.472. The highest BCUT2D eigenvalue weighted by Gasteiger charge is 2.50. The van der Waals surface area contributed by atoms with Crippen molar-refractivity contribution in [3.05, 3.63) is 63.9 Å². The molecule has 0 saturated heterocycles. The maximum absolute atomic E-state index is 13.8. The first-order valence-electron chi connectivity index (χ1n) is 10.4. The van der Waals surface area contributed by atoms with Gasteiger partial charge in [-0.1, -0.05) is 41.4 Å². The van der Waals surface area contributed by atoms with Crippen LogP contribution in [0, 0.1) is 23.1 Å². The van der Waals surface area contributed by atoms with Crippen LogP contribution in [0.1, 0.15) is 31.2 Å². The van der Waals surface area contributed by atoms with E-state index in [-0.39, 0.29) is 34.4 Å². The topological polar surface area (TPSA) is 96.3 Å². The summed E-state index contributed by atoms with van der Waals surface area (Å²) in [5.41, 5.74) is -0.384. The van der Waals surface area contributed by atoms with Gasteiger partial charge in [0.1, 0.15) is 11.4 Å². The molecule has 2 saturated carbocycles. The van der Waals surface area contributed by atoms with E-state index in [1.165, 1.54) is 24.3 Å². The Morgan fingerprint density at radius 3 is 2.55 bits per heavy atom. The molecule has 2 aliphatic carbocycles. The molecule has 1 N–H and O–H groups in total. The predicted octanol–water partition coefficient (Wildman–Crippen LogP) is 4.44. The van der Waals surface area contributed by atoms with Crippen molar-refractivity contribution in [3.63, 3.8) is 0 Å². The Balaban J connectivity index is 1.56. The molecule has 0 aromatic heterocycles. The van der Waals surface area contributed by atoms with Crippen molar-refractivity contribution in [1.82, 2.24) is 5.32 Å². The van der Waals surface area contributed by atoms with Gasteiger partial charge in [-0.05, 0) is 55.5 Å². The van der Waals surface area contributed by atoms with Gasteiger partial charge in [-0.25, -0.2) is 12.8 Å². The van der Waals surface area contributed by atoms with E-state index in [4.69, 9.17) is 27.9 Å². The van der Waals surface area contributed by atoms with Crippen LogP contribution in [0.3, 0.4) is 0 Å².